The van der Waals surface area contributed by atoms with Crippen molar-refractivity contribution in [3.63, 3.8) is 0 Å². The lowest BCUT2D eigenvalue weighted by molar-refractivity contribution is 0.192. The Hall–Kier alpha value is -0.630. The summed E-state index contributed by atoms with van der Waals surface area (Å²) >= 11 is 0. The Kier molecular flexibility index (Phi) is 4.83. The molecule has 0 radical (unpaired) electrons. The first-order valence-corrected chi connectivity index (χ1v) is 7.65. The van der Waals surface area contributed by atoms with Crippen LogP contribution >= 0.6 is 0 Å². The molecule has 1 saturated heterocycles. The lowest BCUT2D eigenvalue weighted by Gasteiger charge is -2.35. The number of nitrogens with zero attached hydrogens (tertiary/aromatic N) is 3. The summed E-state index contributed by atoms with van der Waals surface area (Å²) in [5.41, 5.74) is -0.322. The quantitative estimate of drug-likeness (QED) is 0.812. The molecule has 1 heterocycles. The zero-order valence-electron chi connectivity index (χ0n) is 12.7. The van der Waals surface area contributed by atoms with Gasteiger partial charge in [0.25, 0.3) is 0 Å². The molecule has 1 saturated carbocycles. The van der Waals surface area contributed by atoms with E-state index >= 15 is 0 Å². The molecule has 0 amide bonds. The van der Waals surface area contributed by atoms with Gasteiger partial charge in [0.1, 0.15) is 5.54 Å². The van der Waals surface area contributed by atoms with Crippen molar-refractivity contribution in [3.8, 4) is 6.07 Å². The number of nitrogens with one attached hydrogen (secondary N) is 1. The van der Waals surface area contributed by atoms with Crippen LogP contribution in [0.4, 0.5) is 0 Å². The van der Waals surface area contributed by atoms with Gasteiger partial charge < -0.3 is 4.90 Å². The van der Waals surface area contributed by atoms with E-state index in [1.807, 2.05) is 0 Å². The van der Waals surface area contributed by atoms with Gasteiger partial charge in [0, 0.05) is 25.7 Å². The highest BCUT2D eigenvalue weighted by molar-refractivity contribution is 5.17. The van der Waals surface area contributed by atoms with Crippen LogP contribution in [0.25, 0.3) is 0 Å². The minimum Gasteiger partial charge on any atom is -0.305 e. The standard InChI is InChI=1S/C15H28N4/c1-13(2)17-15(11-16,14-5-6-14)12-19-8-4-7-18(3)9-10-19/h13-14,17H,4-10,12H2,1-3H3. The molecule has 1 aliphatic carbocycles. The van der Waals surface area contributed by atoms with E-state index in [1.165, 1.54) is 25.8 Å². The topological polar surface area (TPSA) is 42.3 Å². The molecule has 0 aromatic heterocycles. The molecule has 0 aromatic carbocycles. The van der Waals surface area contributed by atoms with Gasteiger partial charge >= 0.3 is 0 Å². The molecule has 1 N–H and O–H groups in total. The summed E-state index contributed by atoms with van der Waals surface area (Å²) in [6.07, 6.45) is 3.63. The molecule has 0 aromatic rings. The van der Waals surface area contributed by atoms with Gasteiger partial charge in [-0.1, -0.05) is 0 Å². The Balaban J connectivity index is 2.01. The van der Waals surface area contributed by atoms with Crippen LogP contribution in [0.2, 0.25) is 0 Å². The second kappa shape index (κ2) is 6.21. The fourth-order valence-corrected chi connectivity index (χ4v) is 3.15. The highest BCUT2D eigenvalue weighted by Crippen LogP contribution is 2.40. The van der Waals surface area contributed by atoms with Crippen molar-refractivity contribution >= 4 is 0 Å². The first-order valence-electron chi connectivity index (χ1n) is 7.65. The van der Waals surface area contributed by atoms with E-state index in [-0.39, 0.29) is 5.54 Å². The zero-order chi connectivity index (χ0) is 13.9. The normalized spacial score (nSPS) is 25.8. The van der Waals surface area contributed by atoms with Crippen molar-refractivity contribution in [3.05, 3.63) is 0 Å². The smallest absolute Gasteiger partial charge is 0.122 e. The predicted octanol–water partition coefficient (Wildman–Crippen LogP) is 1.29. The zero-order valence-corrected chi connectivity index (χ0v) is 12.7. The monoisotopic (exact) mass is 264 g/mol. The average Bonchev–Trinajstić information content (AvgIpc) is 3.17. The predicted molar refractivity (Wildman–Crippen MR) is 77.9 cm³/mol. The van der Waals surface area contributed by atoms with Gasteiger partial charge in [-0.2, -0.15) is 5.26 Å². The summed E-state index contributed by atoms with van der Waals surface area (Å²) < 4.78 is 0. The highest BCUT2D eigenvalue weighted by Gasteiger charge is 2.46. The number of likely N-dealkylation sites (N-methyl/N-ethyl adjacent to an activating group) is 1. The Morgan fingerprint density at radius 3 is 2.58 bits per heavy atom. The van der Waals surface area contributed by atoms with Crippen LogP contribution in [0.15, 0.2) is 0 Å². The van der Waals surface area contributed by atoms with Crippen molar-refractivity contribution in [2.45, 2.75) is 44.7 Å². The van der Waals surface area contributed by atoms with Crippen molar-refractivity contribution < 1.29 is 0 Å². The van der Waals surface area contributed by atoms with Gasteiger partial charge in [-0.25, -0.2) is 0 Å². The van der Waals surface area contributed by atoms with Gasteiger partial charge in [0.2, 0.25) is 0 Å². The molecule has 1 aliphatic heterocycles. The van der Waals surface area contributed by atoms with Crippen molar-refractivity contribution in [1.82, 2.24) is 15.1 Å². The molecule has 4 heteroatoms. The van der Waals surface area contributed by atoms with Crippen LogP contribution in [0.3, 0.4) is 0 Å². The second-order valence-corrected chi connectivity index (χ2v) is 6.59. The first-order chi connectivity index (χ1) is 9.05. The number of rotatable bonds is 5. The van der Waals surface area contributed by atoms with Crippen molar-refractivity contribution in [1.29, 1.82) is 5.26 Å². The Bertz CT molecular complexity index is 332. The molecule has 19 heavy (non-hydrogen) atoms. The van der Waals surface area contributed by atoms with Crippen molar-refractivity contribution in [2.24, 2.45) is 5.92 Å². The van der Waals surface area contributed by atoms with E-state index < -0.39 is 0 Å². The van der Waals surface area contributed by atoms with Gasteiger partial charge in [0.05, 0.1) is 6.07 Å². The van der Waals surface area contributed by atoms with E-state index in [9.17, 15) is 5.26 Å². The maximum atomic E-state index is 9.74. The molecule has 2 aliphatic rings. The third-order valence-electron chi connectivity index (χ3n) is 4.31. The van der Waals surface area contributed by atoms with Crippen LogP contribution < -0.4 is 5.32 Å². The van der Waals surface area contributed by atoms with Crippen molar-refractivity contribution in [2.75, 3.05) is 39.8 Å². The largest absolute Gasteiger partial charge is 0.305 e. The summed E-state index contributed by atoms with van der Waals surface area (Å²) in [6, 6.07) is 2.99. The second-order valence-electron chi connectivity index (χ2n) is 6.59. The number of hydrogen-bond acceptors (Lipinski definition) is 4. The number of nitriles is 1. The van der Waals surface area contributed by atoms with E-state index in [1.54, 1.807) is 0 Å². The number of hydrogen-bond donors (Lipinski definition) is 1. The SMILES string of the molecule is CC(C)NC(C#N)(CN1CCCN(C)CC1)C1CC1. The molecule has 0 bridgehead atoms. The molecular weight excluding hydrogens is 236 g/mol. The fraction of sp³-hybridized carbons (Fsp3) is 0.933. The molecule has 4 nitrogen and oxygen atoms in total. The minimum atomic E-state index is -0.322. The Labute approximate surface area is 117 Å². The third kappa shape index (κ3) is 3.92. The lowest BCUT2D eigenvalue weighted by Crippen LogP contribution is -2.57. The molecule has 0 spiro atoms. The van der Waals surface area contributed by atoms with Gasteiger partial charge in [-0.3, -0.25) is 10.2 Å². The molecule has 1 unspecified atom stereocenters. The fourth-order valence-electron chi connectivity index (χ4n) is 3.15. The summed E-state index contributed by atoms with van der Waals surface area (Å²) in [6.45, 7) is 9.69. The van der Waals surface area contributed by atoms with Crippen LogP contribution in [-0.4, -0.2) is 61.2 Å². The summed E-state index contributed by atoms with van der Waals surface area (Å²) in [5, 5.41) is 13.3. The van der Waals surface area contributed by atoms with E-state index in [4.69, 9.17) is 0 Å². The van der Waals surface area contributed by atoms with Crippen LogP contribution in [0.5, 0.6) is 0 Å². The maximum Gasteiger partial charge on any atom is 0.122 e. The lowest BCUT2D eigenvalue weighted by atomic mass is 9.93. The summed E-state index contributed by atoms with van der Waals surface area (Å²) in [5.74, 6) is 0.556. The van der Waals surface area contributed by atoms with Crippen LogP contribution in [0, 0.1) is 17.2 Å². The average molecular weight is 264 g/mol. The van der Waals surface area contributed by atoms with Gasteiger partial charge in [-0.15, -0.1) is 0 Å². The van der Waals surface area contributed by atoms with E-state index in [0.717, 1.165) is 26.2 Å². The molecule has 2 fully saturated rings. The van der Waals surface area contributed by atoms with Gasteiger partial charge in [-0.05, 0) is 59.2 Å². The maximum absolute atomic E-state index is 9.74. The Morgan fingerprint density at radius 1 is 1.26 bits per heavy atom. The third-order valence-corrected chi connectivity index (χ3v) is 4.31. The Morgan fingerprint density at radius 2 is 2.00 bits per heavy atom. The first kappa shape index (κ1) is 14.8. The highest BCUT2D eigenvalue weighted by atomic mass is 15.2. The van der Waals surface area contributed by atoms with Crippen LogP contribution in [0.1, 0.15) is 33.1 Å². The molecule has 1 atom stereocenters. The van der Waals surface area contributed by atoms with E-state index in [0.29, 0.717) is 12.0 Å². The summed E-state index contributed by atoms with van der Waals surface area (Å²) in [7, 11) is 2.19. The molecule has 108 valence electrons. The molecular formula is C15H28N4. The van der Waals surface area contributed by atoms with E-state index in [2.05, 4.69) is 42.1 Å². The minimum absolute atomic E-state index is 0.322. The molecule has 2 rings (SSSR count). The summed E-state index contributed by atoms with van der Waals surface area (Å²) in [4.78, 5) is 4.88. The van der Waals surface area contributed by atoms with Gasteiger partial charge in [0.15, 0.2) is 0 Å². The van der Waals surface area contributed by atoms with Crippen LogP contribution in [-0.2, 0) is 0 Å².